The summed E-state index contributed by atoms with van der Waals surface area (Å²) < 4.78 is 1.05. The summed E-state index contributed by atoms with van der Waals surface area (Å²) in [6.07, 6.45) is 0. The van der Waals surface area contributed by atoms with Crippen LogP contribution in [0.1, 0.15) is 20.0 Å². The number of hydrogen-bond donors (Lipinski definition) is 2. The third kappa shape index (κ3) is 4.01. The van der Waals surface area contributed by atoms with Gasteiger partial charge in [0.15, 0.2) is 0 Å². The van der Waals surface area contributed by atoms with Crippen LogP contribution < -0.4 is 10.9 Å². The number of amides is 2. The highest BCUT2D eigenvalue weighted by molar-refractivity contribution is 7.26. The van der Waals surface area contributed by atoms with Gasteiger partial charge in [0.1, 0.15) is 10.0 Å². The number of halogens is 1. The molecule has 2 amide bonds. The molecule has 30 heavy (non-hydrogen) atoms. The zero-order valence-electron chi connectivity index (χ0n) is 14.9. The molecule has 4 aromatic rings. The third-order valence-electron chi connectivity index (χ3n) is 4.03. The molecular formula is C19H11ClN4O4S2. The number of nitro benzene ring substituents is 1. The van der Waals surface area contributed by atoms with Crippen LogP contribution in [0.4, 0.5) is 5.69 Å². The fraction of sp³-hybridized carbons (Fsp3) is 0. The second-order valence-corrected chi connectivity index (χ2v) is 8.50. The van der Waals surface area contributed by atoms with Crippen molar-refractivity contribution in [1.29, 1.82) is 0 Å². The number of carbonyl (C=O) groups excluding carboxylic acids is 2. The fourth-order valence-corrected chi connectivity index (χ4v) is 4.70. The Labute approximate surface area is 182 Å². The SMILES string of the molecule is O=C(NNC(=O)c1ccc(-c2nc3ccccc3s2)s1)c1ccc(Cl)c([N+](=O)[O-])c1. The number of fused-ring (bicyclic) bond motifs is 1. The maximum Gasteiger partial charge on any atom is 0.288 e. The van der Waals surface area contributed by atoms with Gasteiger partial charge in [0, 0.05) is 11.6 Å². The monoisotopic (exact) mass is 458 g/mol. The minimum Gasteiger partial charge on any atom is -0.267 e. The van der Waals surface area contributed by atoms with E-state index in [9.17, 15) is 19.7 Å². The number of nitrogens with one attached hydrogen (secondary N) is 2. The molecule has 0 saturated carbocycles. The Balaban J connectivity index is 1.44. The zero-order valence-corrected chi connectivity index (χ0v) is 17.3. The number of para-hydroxylation sites is 1. The van der Waals surface area contributed by atoms with Crippen molar-refractivity contribution in [3.05, 3.63) is 80.2 Å². The molecule has 11 heteroatoms. The Morgan fingerprint density at radius 1 is 1.00 bits per heavy atom. The molecule has 0 bridgehead atoms. The van der Waals surface area contributed by atoms with Gasteiger partial charge in [-0.05, 0) is 36.4 Å². The summed E-state index contributed by atoms with van der Waals surface area (Å²) in [7, 11) is 0. The Kier molecular flexibility index (Phi) is 5.44. The van der Waals surface area contributed by atoms with Gasteiger partial charge in [-0.1, -0.05) is 23.7 Å². The first-order valence-corrected chi connectivity index (χ1v) is 10.4. The minimum atomic E-state index is -0.703. The van der Waals surface area contributed by atoms with Crippen molar-refractivity contribution in [2.24, 2.45) is 0 Å². The highest BCUT2D eigenvalue weighted by Crippen LogP contribution is 2.34. The largest absolute Gasteiger partial charge is 0.288 e. The van der Waals surface area contributed by atoms with Gasteiger partial charge in [-0.3, -0.25) is 30.6 Å². The molecule has 2 N–H and O–H groups in total. The lowest BCUT2D eigenvalue weighted by Crippen LogP contribution is -2.41. The standard InChI is InChI=1S/C19H11ClN4O4S2/c20-11-6-5-10(9-13(11)24(27)28)17(25)22-23-18(26)15-7-8-16(29-15)19-21-12-3-1-2-4-14(12)30-19/h1-9H,(H,22,25)(H,23,26). The minimum absolute atomic E-state index is 0.00672. The van der Waals surface area contributed by atoms with Gasteiger partial charge in [-0.25, -0.2) is 4.98 Å². The van der Waals surface area contributed by atoms with Crippen LogP contribution >= 0.6 is 34.3 Å². The average Bonchev–Trinajstić information content (AvgIpc) is 3.38. The van der Waals surface area contributed by atoms with Gasteiger partial charge in [0.25, 0.3) is 17.5 Å². The van der Waals surface area contributed by atoms with Crippen LogP contribution in [-0.4, -0.2) is 21.7 Å². The normalized spacial score (nSPS) is 10.7. The number of carbonyl (C=O) groups is 2. The van der Waals surface area contributed by atoms with E-state index in [1.165, 1.54) is 34.8 Å². The van der Waals surface area contributed by atoms with Crippen LogP contribution in [0.3, 0.4) is 0 Å². The van der Waals surface area contributed by atoms with E-state index >= 15 is 0 Å². The van der Waals surface area contributed by atoms with Crippen molar-refractivity contribution in [3.63, 3.8) is 0 Å². The highest BCUT2D eigenvalue weighted by atomic mass is 35.5. The van der Waals surface area contributed by atoms with Crippen molar-refractivity contribution in [2.45, 2.75) is 0 Å². The summed E-state index contributed by atoms with van der Waals surface area (Å²) in [4.78, 5) is 40.6. The van der Waals surface area contributed by atoms with Crippen molar-refractivity contribution in [2.75, 3.05) is 0 Å². The first kappa shape index (κ1) is 20.0. The summed E-state index contributed by atoms with van der Waals surface area (Å²) in [5.41, 5.74) is 5.04. The van der Waals surface area contributed by atoms with E-state index in [1.54, 1.807) is 12.1 Å². The molecule has 0 saturated heterocycles. The highest BCUT2D eigenvalue weighted by Gasteiger charge is 2.18. The first-order valence-electron chi connectivity index (χ1n) is 8.43. The molecule has 0 aliphatic heterocycles. The number of benzene rings is 2. The van der Waals surface area contributed by atoms with Gasteiger partial charge < -0.3 is 0 Å². The van der Waals surface area contributed by atoms with Gasteiger partial charge in [0.2, 0.25) is 0 Å². The lowest BCUT2D eigenvalue weighted by atomic mass is 10.2. The molecule has 2 heterocycles. The number of rotatable bonds is 4. The number of nitro groups is 1. The molecule has 150 valence electrons. The van der Waals surface area contributed by atoms with Crippen LogP contribution in [0.5, 0.6) is 0 Å². The van der Waals surface area contributed by atoms with Crippen LogP contribution in [-0.2, 0) is 0 Å². The molecule has 0 unspecified atom stereocenters. The molecule has 0 atom stereocenters. The van der Waals surface area contributed by atoms with Crippen LogP contribution in [0.2, 0.25) is 5.02 Å². The maximum absolute atomic E-state index is 12.4. The topological polar surface area (TPSA) is 114 Å². The smallest absolute Gasteiger partial charge is 0.267 e. The fourth-order valence-electron chi connectivity index (χ4n) is 2.59. The number of thiophene rings is 1. The molecule has 0 aliphatic rings. The van der Waals surface area contributed by atoms with E-state index in [-0.39, 0.29) is 10.6 Å². The van der Waals surface area contributed by atoms with E-state index in [0.29, 0.717) is 4.88 Å². The van der Waals surface area contributed by atoms with Crippen molar-refractivity contribution >= 4 is 62.0 Å². The second-order valence-electron chi connectivity index (χ2n) is 5.98. The van der Waals surface area contributed by atoms with Crippen molar-refractivity contribution < 1.29 is 14.5 Å². The predicted molar refractivity (Wildman–Crippen MR) is 116 cm³/mol. The number of thiazole rings is 1. The lowest BCUT2D eigenvalue weighted by Gasteiger charge is -2.06. The van der Waals surface area contributed by atoms with Crippen LogP contribution in [0, 0.1) is 10.1 Å². The van der Waals surface area contributed by atoms with E-state index in [1.807, 2.05) is 24.3 Å². The van der Waals surface area contributed by atoms with E-state index in [4.69, 9.17) is 11.6 Å². The van der Waals surface area contributed by atoms with Gasteiger partial charge in [0.05, 0.1) is 24.9 Å². The summed E-state index contributed by atoms with van der Waals surface area (Å²) in [6.45, 7) is 0. The molecule has 0 spiro atoms. The quantitative estimate of drug-likeness (QED) is 0.341. The zero-order chi connectivity index (χ0) is 21.3. The van der Waals surface area contributed by atoms with E-state index in [2.05, 4.69) is 15.8 Å². The van der Waals surface area contributed by atoms with Gasteiger partial charge >= 0.3 is 0 Å². The molecule has 0 radical (unpaired) electrons. The number of hydrogen-bond acceptors (Lipinski definition) is 7. The molecule has 2 aromatic carbocycles. The molecule has 4 rings (SSSR count). The number of hydrazine groups is 1. The van der Waals surface area contributed by atoms with Crippen molar-refractivity contribution in [1.82, 2.24) is 15.8 Å². The summed E-state index contributed by atoms with van der Waals surface area (Å²) in [5, 5.41) is 11.7. The molecule has 0 fully saturated rings. The predicted octanol–water partition coefficient (Wildman–Crippen LogP) is 4.66. The van der Waals surface area contributed by atoms with E-state index in [0.717, 1.165) is 26.2 Å². The molecular weight excluding hydrogens is 448 g/mol. The summed E-state index contributed by atoms with van der Waals surface area (Å²) in [5.74, 6) is -1.21. The molecule has 2 aromatic heterocycles. The van der Waals surface area contributed by atoms with E-state index < -0.39 is 22.4 Å². The first-order chi connectivity index (χ1) is 14.4. The third-order valence-corrected chi connectivity index (χ3v) is 6.64. The number of aromatic nitrogens is 1. The Hall–Kier alpha value is -3.34. The lowest BCUT2D eigenvalue weighted by molar-refractivity contribution is -0.384. The number of nitrogens with zero attached hydrogens (tertiary/aromatic N) is 2. The Bertz CT molecular complexity index is 1270. The Morgan fingerprint density at radius 3 is 2.53 bits per heavy atom. The van der Waals surface area contributed by atoms with Gasteiger partial charge in [-0.15, -0.1) is 22.7 Å². The van der Waals surface area contributed by atoms with Crippen molar-refractivity contribution in [3.8, 4) is 9.88 Å². The van der Waals surface area contributed by atoms with Gasteiger partial charge in [-0.2, -0.15) is 0 Å². The average molecular weight is 459 g/mol. The molecule has 8 nitrogen and oxygen atoms in total. The summed E-state index contributed by atoms with van der Waals surface area (Å²) >= 11 is 8.51. The van der Waals surface area contributed by atoms with Crippen LogP contribution in [0.25, 0.3) is 20.1 Å². The molecule has 0 aliphatic carbocycles. The van der Waals surface area contributed by atoms with Crippen LogP contribution in [0.15, 0.2) is 54.6 Å². The Morgan fingerprint density at radius 2 is 1.77 bits per heavy atom. The summed E-state index contributed by atoms with van der Waals surface area (Å²) in [6, 6.07) is 14.8. The second kappa shape index (κ2) is 8.19. The maximum atomic E-state index is 12.4.